The second kappa shape index (κ2) is 10.9. The minimum Gasteiger partial charge on any atom is -0.382 e. The van der Waals surface area contributed by atoms with Gasteiger partial charge in [0.05, 0.1) is 17.8 Å². The average Bonchev–Trinajstić information content (AvgIpc) is 3.49. The Balaban J connectivity index is 1.42. The number of likely N-dealkylation sites (tertiary alicyclic amines) is 1. The molecular weight excluding hydrogens is 517 g/mol. The van der Waals surface area contributed by atoms with Crippen LogP contribution in [-0.4, -0.2) is 58.3 Å². The van der Waals surface area contributed by atoms with E-state index < -0.39 is 12.7 Å². The first-order valence-corrected chi connectivity index (χ1v) is 14.2. The maximum Gasteiger partial charge on any atom is 0.406 e. The maximum absolute atomic E-state index is 13.6. The number of benzene rings is 2. The summed E-state index contributed by atoms with van der Waals surface area (Å²) in [6.07, 6.45) is -0.349. The van der Waals surface area contributed by atoms with E-state index in [9.17, 15) is 13.2 Å². The SMILES string of the molecule is CSc1ccc(NCc2nnc(-c3cc4c(NC5CCN(C)CC5)cccc4n3CC(F)(F)F)s2)cc1. The van der Waals surface area contributed by atoms with Gasteiger partial charge in [0.1, 0.15) is 11.6 Å². The summed E-state index contributed by atoms with van der Waals surface area (Å²) < 4.78 is 42.2. The van der Waals surface area contributed by atoms with Crippen LogP contribution in [0.25, 0.3) is 21.6 Å². The van der Waals surface area contributed by atoms with E-state index in [1.807, 2.05) is 48.7 Å². The zero-order valence-electron chi connectivity index (χ0n) is 20.7. The summed E-state index contributed by atoms with van der Waals surface area (Å²) >= 11 is 2.98. The Hall–Kier alpha value is -2.76. The van der Waals surface area contributed by atoms with Gasteiger partial charge in [-0.3, -0.25) is 0 Å². The smallest absolute Gasteiger partial charge is 0.382 e. The van der Waals surface area contributed by atoms with Crippen molar-refractivity contribution in [2.24, 2.45) is 0 Å². The Morgan fingerprint density at radius 1 is 1.08 bits per heavy atom. The van der Waals surface area contributed by atoms with E-state index in [2.05, 4.69) is 32.8 Å². The Kier molecular flexibility index (Phi) is 7.64. The van der Waals surface area contributed by atoms with Crippen molar-refractivity contribution in [1.82, 2.24) is 19.7 Å². The molecule has 196 valence electrons. The number of thioether (sulfide) groups is 1. The second-order valence-corrected chi connectivity index (χ2v) is 11.2. The van der Waals surface area contributed by atoms with E-state index in [-0.39, 0.29) is 0 Å². The van der Waals surface area contributed by atoms with Crippen LogP contribution in [0, 0.1) is 0 Å². The van der Waals surface area contributed by atoms with Crippen LogP contribution in [0.5, 0.6) is 0 Å². The first-order chi connectivity index (χ1) is 17.8. The molecule has 0 bridgehead atoms. The molecule has 1 aliphatic rings. The summed E-state index contributed by atoms with van der Waals surface area (Å²) in [6.45, 7) is 1.35. The highest BCUT2D eigenvalue weighted by molar-refractivity contribution is 7.98. The molecule has 0 spiro atoms. The Labute approximate surface area is 222 Å². The fourth-order valence-electron chi connectivity index (χ4n) is 4.63. The maximum atomic E-state index is 13.6. The van der Waals surface area contributed by atoms with Gasteiger partial charge in [0.25, 0.3) is 0 Å². The molecule has 0 amide bonds. The van der Waals surface area contributed by atoms with E-state index >= 15 is 0 Å². The number of hydrogen-bond donors (Lipinski definition) is 2. The lowest BCUT2D eigenvalue weighted by Crippen LogP contribution is -2.36. The van der Waals surface area contributed by atoms with Crippen molar-refractivity contribution in [1.29, 1.82) is 0 Å². The molecule has 0 unspecified atom stereocenters. The van der Waals surface area contributed by atoms with Gasteiger partial charge in [-0.15, -0.1) is 22.0 Å². The van der Waals surface area contributed by atoms with Crippen LogP contribution >= 0.6 is 23.1 Å². The lowest BCUT2D eigenvalue weighted by molar-refractivity contribution is -0.139. The molecule has 2 aromatic carbocycles. The third-order valence-electron chi connectivity index (χ3n) is 6.58. The molecular formula is C26H29F3N6S2. The van der Waals surface area contributed by atoms with E-state index in [0.29, 0.717) is 33.8 Å². The van der Waals surface area contributed by atoms with E-state index in [1.54, 1.807) is 17.8 Å². The van der Waals surface area contributed by atoms with E-state index in [4.69, 9.17) is 0 Å². The largest absolute Gasteiger partial charge is 0.406 e. The lowest BCUT2D eigenvalue weighted by atomic mass is 10.0. The number of piperidine rings is 1. The van der Waals surface area contributed by atoms with Gasteiger partial charge in [0, 0.05) is 27.7 Å². The van der Waals surface area contributed by atoms with E-state index in [1.165, 1.54) is 20.8 Å². The van der Waals surface area contributed by atoms with Crippen LogP contribution in [0.15, 0.2) is 53.4 Å². The number of nitrogens with zero attached hydrogens (tertiary/aromatic N) is 4. The van der Waals surface area contributed by atoms with Crippen LogP contribution < -0.4 is 10.6 Å². The molecule has 0 atom stereocenters. The highest BCUT2D eigenvalue weighted by Crippen LogP contribution is 2.36. The van der Waals surface area contributed by atoms with E-state index in [0.717, 1.165) is 42.7 Å². The molecule has 1 fully saturated rings. The van der Waals surface area contributed by atoms with Crippen molar-refractivity contribution in [2.45, 2.75) is 43.0 Å². The predicted octanol–water partition coefficient (Wildman–Crippen LogP) is 6.56. The standard InChI is InChI=1S/C26H29F3N6S2/c1-34-12-10-18(11-13-34)31-21-4-3-5-22-20(21)14-23(35(22)16-26(27,28)29)25-33-32-24(37-25)15-30-17-6-8-19(36-2)9-7-17/h3-9,14,18,30-31H,10-13,15-16H2,1-2H3. The Bertz CT molecular complexity index is 1340. The Morgan fingerprint density at radius 2 is 1.84 bits per heavy atom. The number of aromatic nitrogens is 3. The molecule has 0 saturated carbocycles. The second-order valence-electron chi connectivity index (χ2n) is 9.27. The normalized spacial score (nSPS) is 15.4. The molecule has 2 aromatic heterocycles. The fourth-order valence-corrected chi connectivity index (χ4v) is 5.84. The highest BCUT2D eigenvalue weighted by atomic mass is 32.2. The van der Waals surface area contributed by atoms with Gasteiger partial charge in [0.15, 0.2) is 5.01 Å². The van der Waals surface area contributed by atoms with Gasteiger partial charge in [0.2, 0.25) is 0 Å². The molecule has 1 saturated heterocycles. The number of anilines is 2. The minimum absolute atomic E-state index is 0.292. The number of rotatable bonds is 8. The highest BCUT2D eigenvalue weighted by Gasteiger charge is 2.31. The quantitative estimate of drug-likeness (QED) is 0.244. The van der Waals surface area contributed by atoms with Crippen molar-refractivity contribution < 1.29 is 13.2 Å². The predicted molar refractivity (Wildman–Crippen MR) is 147 cm³/mol. The van der Waals surface area contributed by atoms with Crippen molar-refractivity contribution in [2.75, 3.05) is 37.0 Å². The third-order valence-corrected chi connectivity index (χ3v) is 8.27. The van der Waals surface area contributed by atoms with Crippen LogP contribution in [0.3, 0.4) is 0 Å². The molecule has 2 N–H and O–H groups in total. The zero-order valence-corrected chi connectivity index (χ0v) is 22.3. The average molecular weight is 547 g/mol. The summed E-state index contributed by atoms with van der Waals surface area (Å²) in [5.41, 5.74) is 2.77. The Morgan fingerprint density at radius 3 is 2.54 bits per heavy atom. The summed E-state index contributed by atoms with van der Waals surface area (Å²) in [4.78, 5) is 3.46. The molecule has 4 aromatic rings. The van der Waals surface area contributed by atoms with Crippen molar-refractivity contribution in [3.05, 3.63) is 53.5 Å². The van der Waals surface area contributed by atoms with Gasteiger partial charge >= 0.3 is 6.18 Å². The van der Waals surface area contributed by atoms with Crippen LogP contribution in [-0.2, 0) is 13.1 Å². The van der Waals surface area contributed by atoms with Gasteiger partial charge < -0.3 is 20.1 Å². The first kappa shape index (κ1) is 25.9. The summed E-state index contributed by atoms with van der Waals surface area (Å²) in [5.74, 6) is 0. The third kappa shape index (κ3) is 6.22. The molecule has 0 radical (unpaired) electrons. The topological polar surface area (TPSA) is 58.0 Å². The molecule has 5 rings (SSSR count). The van der Waals surface area contributed by atoms with Crippen LogP contribution in [0.2, 0.25) is 0 Å². The number of hydrogen-bond acceptors (Lipinski definition) is 7. The van der Waals surface area contributed by atoms with Gasteiger partial charge in [-0.25, -0.2) is 0 Å². The van der Waals surface area contributed by atoms with Crippen LogP contribution in [0.1, 0.15) is 17.8 Å². The number of nitrogens with one attached hydrogen (secondary N) is 2. The molecule has 1 aliphatic heterocycles. The zero-order chi connectivity index (χ0) is 26.0. The monoisotopic (exact) mass is 546 g/mol. The summed E-state index contributed by atoms with van der Waals surface area (Å²) in [7, 11) is 2.10. The number of alkyl halides is 3. The van der Waals surface area contributed by atoms with Gasteiger partial charge in [-0.1, -0.05) is 17.4 Å². The summed E-state index contributed by atoms with van der Waals surface area (Å²) in [6, 6.07) is 15.7. The fraction of sp³-hybridized carbons (Fsp3) is 0.385. The van der Waals surface area contributed by atoms with Gasteiger partial charge in [-0.2, -0.15) is 13.2 Å². The van der Waals surface area contributed by atoms with Crippen LogP contribution in [0.4, 0.5) is 24.5 Å². The van der Waals surface area contributed by atoms with Crippen molar-refractivity contribution in [3.63, 3.8) is 0 Å². The molecule has 37 heavy (non-hydrogen) atoms. The molecule has 3 heterocycles. The van der Waals surface area contributed by atoms with Crippen molar-refractivity contribution in [3.8, 4) is 10.7 Å². The molecule has 0 aliphatic carbocycles. The number of fused-ring (bicyclic) bond motifs is 1. The van der Waals surface area contributed by atoms with Gasteiger partial charge in [-0.05, 0) is 81.7 Å². The lowest BCUT2D eigenvalue weighted by Gasteiger charge is -2.30. The molecule has 6 nitrogen and oxygen atoms in total. The summed E-state index contributed by atoms with van der Waals surface area (Å²) in [5, 5.41) is 17.4. The number of halogens is 3. The van der Waals surface area contributed by atoms with Crippen molar-refractivity contribution >= 4 is 45.4 Å². The minimum atomic E-state index is -4.36. The molecule has 11 heteroatoms. The first-order valence-electron chi connectivity index (χ1n) is 12.1.